The summed E-state index contributed by atoms with van der Waals surface area (Å²) in [5, 5.41) is 3.36. The lowest BCUT2D eigenvalue weighted by Gasteiger charge is -2.33. The second-order valence-corrected chi connectivity index (χ2v) is 6.54. The largest absolute Gasteiger partial charge is 0.487 e. The Labute approximate surface area is 155 Å². The van der Waals surface area contributed by atoms with Gasteiger partial charge in [-0.15, -0.1) is 0 Å². The predicted octanol–water partition coefficient (Wildman–Crippen LogP) is 3.54. The summed E-state index contributed by atoms with van der Waals surface area (Å²) in [7, 11) is 0. The number of benzene rings is 1. The number of carbonyl (C=O) groups excluding carboxylic acids is 1. The molecular weight excluding hydrogens is 358 g/mol. The molecule has 7 nitrogen and oxygen atoms in total. The van der Waals surface area contributed by atoms with Crippen molar-refractivity contribution in [2.75, 3.05) is 25.2 Å². The number of nitrogens with zero attached hydrogens (tertiary/aromatic N) is 2. The molecule has 0 bridgehead atoms. The number of piperidine rings is 1. The van der Waals surface area contributed by atoms with Crippen LogP contribution in [0.3, 0.4) is 0 Å². The van der Waals surface area contributed by atoms with Crippen LogP contribution in [0.15, 0.2) is 36.7 Å². The van der Waals surface area contributed by atoms with Gasteiger partial charge < -0.3 is 24.4 Å². The van der Waals surface area contributed by atoms with Crippen molar-refractivity contribution in [2.24, 2.45) is 0 Å². The third-order valence-corrected chi connectivity index (χ3v) is 4.60. The molecule has 1 saturated heterocycles. The van der Waals surface area contributed by atoms with Crippen LogP contribution in [0, 0.1) is 0 Å². The van der Waals surface area contributed by atoms with Gasteiger partial charge in [-0.05, 0) is 25.0 Å². The van der Waals surface area contributed by atoms with E-state index >= 15 is 0 Å². The molecule has 2 aliphatic rings. The minimum Gasteiger partial charge on any atom is -0.487 e. The number of pyridine rings is 1. The van der Waals surface area contributed by atoms with Crippen LogP contribution < -0.4 is 19.5 Å². The Balaban J connectivity index is 1.38. The molecule has 0 saturated carbocycles. The zero-order chi connectivity index (χ0) is 17.9. The number of hydrogen-bond donors (Lipinski definition) is 1. The Morgan fingerprint density at radius 3 is 3.08 bits per heavy atom. The lowest BCUT2D eigenvalue weighted by molar-refractivity contribution is 0.106. The van der Waals surface area contributed by atoms with E-state index in [1.165, 1.54) is 0 Å². The molecule has 8 heteroatoms. The fourth-order valence-electron chi connectivity index (χ4n) is 3.03. The number of nitrogens with one attached hydrogen (secondary N) is 1. The Morgan fingerprint density at radius 2 is 2.19 bits per heavy atom. The maximum absolute atomic E-state index is 12.6. The number of ether oxygens (including phenoxy) is 3. The van der Waals surface area contributed by atoms with Crippen molar-refractivity contribution >= 4 is 23.3 Å². The van der Waals surface area contributed by atoms with Crippen LogP contribution >= 0.6 is 11.6 Å². The maximum Gasteiger partial charge on any atom is 0.321 e. The summed E-state index contributed by atoms with van der Waals surface area (Å²) in [4.78, 5) is 18.3. The first-order valence-electron chi connectivity index (χ1n) is 8.41. The highest BCUT2D eigenvalue weighted by atomic mass is 35.5. The van der Waals surface area contributed by atoms with Crippen LogP contribution in [0.5, 0.6) is 17.2 Å². The quantitative estimate of drug-likeness (QED) is 0.888. The second kappa shape index (κ2) is 7.29. The molecule has 1 fully saturated rings. The van der Waals surface area contributed by atoms with E-state index in [0.717, 1.165) is 12.8 Å². The van der Waals surface area contributed by atoms with E-state index in [0.29, 0.717) is 41.0 Å². The van der Waals surface area contributed by atoms with Gasteiger partial charge in [-0.2, -0.15) is 0 Å². The number of fused-ring (bicyclic) bond motifs is 1. The smallest absolute Gasteiger partial charge is 0.321 e. The topological polar surface area (TPSA) is 72.9 Å². The number of urea groups is 1. The number of carbonyl (C=O) groups is 1. The van der Waals surface area contributed by atoms with Crippen molar-refractivity contribution < 1.29 is 19.0 Å². The van der Waals surface area contributed by atoms with Gasteiger partial charge >= 0.3 is 6.03 Å². The first kappa shape index (κ1) is 16.8. The van der Waals surface area contributed by atoms with Crippen LogP contribution in [0.4, 0.5) is 10.5 Å². The normalized spacial score (nSPS) is 18.5. The highest BCUT2D eigenvalue weighted by Gasteiger charge is 2.26. The minimum atomic E-state index is -0.169. The average molecular weight is 376 g/mol. The summed E-state index contributed by atoms with van der Waals surface area (Å²) in [6.45, 7) is 1.38. The molecule has 0 radical (unpaired) electrons. The van der Waals surface area contributed by atoms with Crippen LogP contribution in [-0.4, -0.2) is 41.9 Å². The third kappa shape index (κ3) is 3.62. The molecule has 1 N–H and O–H groups in total. The molecule has 1 atom stereocenters. The fourth-order valence-corrected chi connectivity index (χ4v) is 3.20. The van der Waals surface area contributed by atoms with E-state index in [9.17, 15) is 4.79 Å². The van der Waals surface area contributed by atoms with E-state index < -0.39 is 0 Å². The first-order valence-corrected chi connectivity index (χ1v) is 8.78. The number of hydrogen-bond acceptors (Lipinski definition) is 5. The molecule has 1 unspecified atom stereocenters. The van der Waals surface area contributed by atoms with Gasteiger partial charge in [0.1, 0.15) is 16.9 Å². The van der Waals surface area contributed by atoms with Crippen molar-refractivity contribution in [1.29, 1.82) is 0 Å². The SMILES string of the molecule is O=C(Nc1ccc2c(c1)OCO2)N1CCCC(Oc2ccncc2Cl)C1. The van der Waals surface area contributed by atoms with Crippen LogP contribution in [-0.2, 0) is 0 Å². The van der Waals surface area contributed by atoms with Gasteiger partial charge in [0.2, 0.25) is 6.79 Å². The van der Waals surface area contributed by atoms with Gasteiger partial charge in [0.15, 0.2) is 11.5 Å². The summed E-state index contributed by atoms with van der Waals surface area (Å²) in [5.41, 5.74) is 0.666. The monoisotopic (exact) mass is 375 g/mol. The van der Waals surface area contributed by atoms with Gasteiger partial charge in [0.25, 0.3) is 0 Å². The average Bonchev–Trinajstić information content (AvgIpc) is 3.12. The Bertz CT molecular complexity index is 817. The maximum atomic E-state index is 12.6. The van der Waals surface area contributed by atoms with Gasteiger partial charge in [-0.1, -0.05) is 11.6 Å². The molecule has 0 aliphatic carbocycles. The van der Waals surface area contributed by atoms with Gasteiger partial charge in [0.05, 0.1) is 6.54 Å². The Kier molecular flexibility index (Phi) is 4.71. The summed E-state index contributed by atoms with van der Waals surface area (Å²) >= 11 is 6.09. The Morgan fingerprint density at radius 1 is 1.31 bits per heavy atom. The van der Waals surface area contributed by atoms with Crippen LogP contribution in [0.1, 0.15) is 12.8 Å². The standard InChI is InChI=1S/C18H18ClN3O4/c19-14-9-20-6-5-15(14)26-13-2-1-7-22(10-13)18(23)21-12-3-4-16-17(8-12)25-11-24-16/h3-6,8-9,13H,1-2,7,10-11H2,(H,21,23). The predicted molar refractivity (Wildman–Crippen MR) is 96.1 cm³/mol. The molecule has 2 aliphatic heterocycles. The third-order valence-electron chi connectivity index (χ3n) is 4.32. The van der Waals surface area contributed by atoms with Crippen LogP contribution in [0.25, 0.3) is 0 Å². The summed E-state index contributed by atoms with van der Waals surface area (Å²) in [6.07, 6.45) is 4.80. The molecule has 0 spiro atoms. The van der Waals surface area contributed by atoms with Gasteiger partial charge in [-0.3, -0.25) is 4.98 Å². The molecule has 1 aromatic heterocycles. The van der Waals surface area contributed by atoms with Crippen LogP contribution in [0.2, 0.25) is 5.02 Å². The van der Waals surface area contributed by atoms with Crippen molar-refractivity contribution in [1.82, 2.24) is 9.88 Å². The molecule has 2 aromatic rings. The molecule has 3 heterocycles. The van der Waals surface area contributed by atoms with E-state index in [2.05, 4.69) is 10.3 Å². The van der Waals surface area contributed by atoms with E-state index in [1.54, 1.807) is 41.6 Å². The summed E-state index contributed by atoms with van der Waals surface area (Å²) in [6, 6.07) is 6.90. The number of anilines is 1. The lowest BCUT2D eigenvalue weighted by atomic mass is 10.1. The minimum absolute atomic E-state index is 0.105. The number of halogens is 1. The fraction of sp³-hybridized carbons (Fsp3) is 0.333. The molecule has 2 amide bonds. The number of amides is 2. The van der Waals surface area contributed by atoms with Crippen molar-refractivity contribution in [3.63, 3.8) is 0 Å². The molecule has 1 aromatic carbocycles. The number of aromatic nitrogens is 1. The van der Waals surface area contributed by atoms with E-state index in [1.807, 2.05) is 0 Å². The zero-order valence-corrected chi connectivity index (χ0v) is 14.7. The summed E-state index contributed by atoms with van der Waals surface area (Å²) < 4.78 is 16.6. The van der Waals surface area contributed by atoms with E-state index in [4.69, 9.17) is 25.8 Å². The Hall–Kier alpha value is -2.67. The summed E-state index contributed by atoms with van der Waals surface area (Å²) in [5.74, 6) is 1.91. The number of likely N-dealkylation sites (tertiary alicyclic amines) is 1. The van der Waals surface area contributed by atoms with Crippen molar-refractivity contribution in [2.45, 2.75) is 18.9 Å². The highest BCUT2D eigenvalue weighted by molar-refractivity contribution is 6.31. The molecule has 26 heavy (non-hydrogen) atoms. The van der Waals surface area contributed by atoms with Crippen molar-refractivity contribution in [3.8, 4) is 17.2 Å². The van der Waals surface area contributed by atoms with Gasteiger partial charge in [0, 0.05) is 36.8 Å². The highest BCUT2D eigenvalue weighted by Crippen LogP contribution is 2.34. The molecule has 4 rings (SSSR count). The first-order chi connectivity index (χ1) is 12.7. The van der Waals surface area contributed by atoms with Gasteiger partial charge in [-0.25, -0.2) is 4.79 Å². The van der Waals surface area contributed by atoms with E-state index in [-0.39, 0.29) is 18.9 Å². The second-order valence-electron chi connectivity index (χ2n) is 6.13. The lowest BCUT2D eigenvalue weighted by Crippen LogP contribution is -2.46. The molecule has 136 valence electrons. The van der Waals surface area contributed by atoms with Crippen molar-refractivity contribution in [3.05, 3.63) is 41.7 Å². The zero-order valence-electron chi connectivity index (χ0n) is 14.0. The number of rotatable bonds is 3. The molecular formula is C18H18ClN3O4.